The first-order valence-electron chi connectivity index (χ1n) is 9.84. The number of hydrogen-bond donors (Lipinski definition) is 0. The van der Waals surface area contributed by atoms with Crippen molar-refractivity contribution in [3.05, 3.63) is 42.5 Å². The van der Waals surface area contributed by atoms with E-state index >= 15 is 0 Å². The normalized spacial score (nSPS) is 23.4. The molecule has 0 aliphatic carbocycles. The molecular weight excluding hydrogens is 356 g/mol. The van der Waals surface area contributed by atoms with Gasteiger partial charge in [-0.25, -0.2) is 4.90 Å². The van der Waals surface area contributed by atoms with E-state index in [1.807, 2.05) is 47.4 Å². The molecule has 0 saturated carbocycles. The predicted molar refractivity (Wildman–Crippen MR) is 106 cm³/mol. The maximum Gasteiger partial charge on any atom is 0.310 e. The average molecular weight is 380 g/mol. The molecule has 0 spiro atoms. The molecule has 2 amide bonds. The van der Waals surface area contributed by atoms with Gasteiger partial charge in [-0.3, -0.25) is 19.3 Å². The summed E-state index contributed by atoms with van der Waals surface area (Å²) in [6.07, 6.45) is 1.73. The fourth-order valence-electron chi connectivity index (χ4n) is 4.23. The number of piperidine rings is 1. The van der Waals surface area contributed by atoms with Gasteiger partial charge in [0.25, 0.3) is 5.91 Å². The Kier molecular flexibility index (Phi) is 5.13. The van der Waals surface area contributed by atoms with Crippen LogP contribution >= 0.6 is 0 Å². The van der Waals surface area contributed by atoms with E-state index in [9.17, 15) is 14.4 Å². The van der Waals surface area contributed by atoms with Crippen molar-refractivity contribution >= 4 is 34.2 Å². The van der Waals surface area contributed by atoms with Gasteiger partial charge in [-0.05, 0) is 49.2 Å². The van der Waals surface area contributed by atoms with Crippen molar-refractivity contribution in [1.29, 1.82) is 0 Å². The monoisotopic (exact) mass is 380 g/mol. The molecule has 0 bridgehead atoms. The lowest BCUT2D eigenvalue weighted by atomic mass is 9.96. The number of likely N-dealkylation sites (tertiary alicyclic amines) is 1. The Morgan fingerprint density at radius 2 is 1.93 bits per heavy atom. The fraction of sp³-hybridized carbons (Fsp3) is 0.409. The number of nitrogens with zero attached hydrogens (tertiary/aromatic N) is 2. The zero-order valence-corrected chi connectivity index (χ0v) is 16.0. The average Bonchev–Trinajstić information content (AvgIpc) is 3.02. The number of ether oxygens (including phenoxy) is 1. The summed E-state index contributed by atoms with van der Waals surface area (Å²) < 4.78 is 5.14. The van der Waals surface area contributed by atoms with Crippen LogP contribution in [0.25, 0.3) is 10.8 Å². The third kappa shape index (κ3) is 3.40. The van der Waals surface area contributed by atoms with E-state index in [2.05, 4.69) is 0 Å². The molecule has 2 fully saturated rings. The number of carbonyl (C=O) groups excluding carboxylic acids is 3. The summed E-state index contributed by atoms with van der Waals surface area (Å²) in [6, 6.07) is 13.0. The third-order valence-corrected chi connectivity index (χ3v) is 5.63. The highest BCUT2D eigenvalue weighted by Gasteiger charge is 2.44. The molecule has 4 rings (SSSR count). The van der Waals surface area contributed by atoms with E-state index < -0.39 is 6.04 Å². The maximum atomic E-state index is 13.1. The Bertz CT molecular complexity index is 926. The summed E-state index contributed by atoms with van der Waals surface area (Å²) in [6.45, 7) is 3.32. The molecule has 146 valence electrons. The van der Waals surface area contributed by atoms with Crippen molar-refractivity contribution in [2.75, 3.05) is 24.6 Å². The molecule has 6 nitrogen and oxygen atoms in total. The second-order valence-corrected chi connectivity index (χ2v) is 7.40. The number of benzene rings is 2. The number of rotatable bonds is 4. The number of esters is 1. The Balaban J connectivity index is 1.54. The molecule has 6 heteroatoms. The van der Waals surface area contributed by atoms with Crippen molar-refractivity contribution in [3.63, 3.8) is 0 Å². The topological polar surface area (TPSA) is 66.9 Å². The molecule has 2 atom stereocenters. The molecule has 0 radical (unpaired) electrons. The van der Waals surface area contributed by atoms with Crippen LogP contribution in [-0.2, 0) is 19.1 Å². The van der Waals surface area contributed by atoms with E-state index in [1.54, 1.807) is 6.92 Å². The molecule has 0 unspecified atom stereocenters. The van der Waals surface area contributed by atoms with Crippen LogP contribution in [0.5, 0.6) is 0 Å². The number of carbonyl (C=O) groups is 3. The summed E-state index contributed by atoms with van der Waals surface area (Å²) in [7, 11) is 0. The molecule has 2 heterocycles. The van der Waals surface area contributed by atoms with E-state index in [4.69, 9.17) is 4.74 Å². The molecule has 2 aliphatic rings. The van der Waals surface area contributed by atoms with Crippen molar-refractivity contribution in [2.24, 2.45) is 5.92 Å². The highest BCUT2D eigenvalue weighted by Crippen LogP contribution is 2.30. The zero-order chi connectivity index (χ0) is 19.7. The number of hydrogen-bond acceptors (Lipinski definition) is 5. The minimum absolute atomic E-state index is 0.154. The van der Waals surface area contributed by atoms with Gasteiger partial charge in [0.05, 0.1) is 30.7 Å². The summed E-state index contributed by atoms with van der Waals surface area (Å²) in [5.74, 6) is -0.838. The van der Waals surface area contributed by atoms with Gasteiger partial charge in [0.15, 0.2) is 0 Å². The molecule has 0 aromatic heterocycles. The predicted octanol–water partition coefficient (Wildman–Crippen LogP) is 2.75. The standard InChI is InChI=1S/C22H24N2O4/c1-2-28-22(27)17-8-5-11-23(14-17)19-13-20(25)24(21(19)26)18-10-9-15-6-3-4-7-16(15)12-18/h3-4,6-7,9-10,12,17,19H,2,5,8,11,13-14H2,1H3/t17-,19+/m1/s1. The number of amides is 2. The van der Waals surface area contributed by atoms with Gasteiger partial charge in [-0.2, -0.15) is 0 Å². The SMILES string of the molecule is CCOC(=O)[C@@H]1CCCN([C@H]2CC(=O)N(c3ccc4ccccc4c3)C2=O)C1. The lowest BCUT2D eigenvalue weighted by Crippen LogP contribution is -2.48. The van der Waals surface area contributed by atoms with Crippen LogP contribution in [0.3, 0.4) is 0 Å². The summed E-state index contributed by atoms with van der Waals surface area (Å²) in [5, 5.41) is 2.06. The second-order valence-electron chi connectivity index (χ2n) is 7.40. The van der Waals surface area contributed by atoms with Gasteiger partial charge in [0, 0.05) is 6.54 Å². The van der Waals surface area contributed by atoms with Gasteiger partial charge >= 0.3 is 5.97 Å². The lowest BCUT2D eigenvalue weighted by Gasteiger charge is -2.34. The van der Waals surface area contributed by atoms with Gasteiger partial charge in [-0.1, -0.05) is 30.3 Å². The van der Waals surface area contributed by atoms with Gasteiger partial charge in [-0.15, -0.1) is 0 Å². The molecule has 2 aliphatic heterocycles. The van der Waals surface area contributed by atoms with Crippen LogP contribution in [0.4, 0.5) is 5.69 Å². The first-order valence-corrected chi connectivity index (χ1v) is 9.84. The first-order chi connectivity index (χ1) is 13.6. The Labute approximate surface area is 164 Å². The van der Waals surface area contributed by atoms with Gasteiger partial charge in [0.2, 0.25) is 5.91 Å². The lowest BCUT2D eigenvalue weighted by molar-refractivity contribution is -0.150. The molecule has 2 saturated heterocycles. The van der Waals surface area contributed by atoms with Crippen LogP contribution in [0, 0.1) is 5.92 Å². The number of fused-ring (bicyclic) bond motifs is 1. The van der Waals surface area contributed by atoms with E-state index in [0.717, 1.165) is 23.6 Å². The molecular formula is C22H24N2O4. The van der Waals surface area contributed by atoms with Crippen molar-refractivity contribution in [3.8, 4) is 0 Å². The fourth-order valence-corrected chi connectivity index (χ4v) is 4.23. The van der Waals surface area contributed by atoms with Crippen LogP contribution in [0.2, 0.25) is 0 Å². The third-order valence-electron chi connectivity index (χ3n) is 5.63. The van der Waals surface area contributed by atoms with E-state index in [0.29, 0.717) is 25.4 Å². The molecule has 2 aromatic carbocycles. The summed E-state index contributed by atoms with van der Waals surface area (Å²) in [5.41, 5.74) is 0.607. The highest BCUT2D eigenvalue weighted by molar-refractivity contribution is 6.22. The minimum atomic E-state index is -0.504. The summed E-state index contributed by atoms with van der Waals surface area (Å²) in [4.78, 5) is 41.2. The quantitative estimate of drug-likeness (QED) is 0.603. The maximum absolute atomic E-state index is 13.1. The van der Waals surface area contributed by atoms with Gasteiger partial charge in [0.1, 0.15) is 0 Å². The Morgan fingerprint density at radius 3 is 2.71 bits per heavy atom. The summed E-state index contributed by atoms with van der Waals surface area (Å²) >= 11 is 0. The number of imide groups is 1. The van der Waals surface area contributed by atoms with Crippen LogP contribution in [-0.4, -0.2) is 48.4 Å². The van der Waals surface area contributed by atoms with Crippen molar-refractivity contribution in [2.45, 2.75) is 32.2 Å². The smallest absolute Gasteiger partial charge is 0.310 e. The van der Waals surface area contributed by atoms with E-state index in [-0.39, 0.29) is 30.1 Å². The van der Waals surface area contributed by atoms with Crippen LogP contribution in [0.15, 0.2) is 42.5 Å². The Hall–Kier alpha value is -2.73. The number of anilines is 1. The van der Waals surface area contributed by atoms with E-state index in [1.165, 1.54) is 4.90 Å². The van der Waals surface area contributed by atoms with Gasteiger partial charge < -0.3 is 4.74 Å². The highest BCUT2D eigenvalue weighted by atomic mass is 16.5. The largest absolute Gasteiger partial charge is 0.466 e. The Morgan fingerprint density at radius 1 is 1.14 bits per heavy atom. The molecule has 0 N–H and O–H groups in total. The molecule has 28 heavy (non-hydrogen) atoms. The molecule has 2 aromatic rings. The van der Waals surface area contributed by atoms with Crippen molar-refractivity contribution in [1.82, 2.24) is 4.90 Å². The van der Waals surface area contributed by atoms with Crippen LogP contribution < -0.4 is 4.90 Å². The zero-order valence-electron chi connectivity index (χ0n) is 16.0. The minimum Gasteiger partial charge on any atom is -0.466 e. The second kappa shape index (κ2) is 7.72. The van der Waals surface area contributed by atoms with Crippen molar-refractivity contribution < 1.29 is 19.1 Å². The van der Waals surface area contributed by atoms with Crippen LogP contribution in [0.1, 0.15) is 26.2 Å². The first kappa shape index (κ1) is 18.6.